The molecule has 0 amide bonds. The highest BCUT2D eigenvalue weighted by molar-refractivity contribution is 6.30. The lowest BCUT2D eigenvalue weighted by Crippen LogP contribution is -2.22. The molecule has 4 nitrogen and oxygen atoms in total. The smallest absolute Gasteiger partial charge is 0.226 e. The first kappa shape index (κ1) is 14.8. The molecule has 0 saturated heterocycles. The van der Waals surface area contributed by atoms with Crippen molar-refractivity contribution in [2.45, 2.75) is 6.04 Å². The van der Waals surface area contributed by atoms with Gasteiger partial charge in [0, 0.05) is 10.7 Å². The molecular formula is C17H11ClF2N4. The van der Waals surface area contributed by atoms with E-state index in [9.17, 15) is 8.78 Å². The van der Waals surface area contributed by atoms with Crippen molar-refractivity contribution in [3.05, 3.63) is 82.7 Å². The van der Waals surface area contributed by atoms with Crippen LogP contribution in [0.3, 0.4) is 0 Å². The van der Waals surface area contributed by atoms with Crippen molar-refractivity contribution in [2.75, 3.05) is 5.32 Å². The normalized spacial score (nSPS) is 16.3. The van der Waals surface area contributed by atoms with Gasteiger partial charge in [0.25, 0.3) is 0 Å². The van der Waals surface area contributed by atoms with Crippen LogP contribution in [0.15, 0.2) is 54.9 Å². The molecule has 1 aliphatic rings. The first-order chi connectivity index (χ1) is 11.6. The molecule has 0 bridgehead atoms. The second-order valence-corrected chi connectivity index (χ2v) is 5.76. The topological polar surface area (TPSA) is 42.7 Å². The van der Waals surface area contributed by atoms with Crippen LogP contribution in [-0.4, -0.2) is 14.8 Å². The monoisotopic (exact) mass is 344 g/mol. The fourth-order valence-corrected chi connectivity index (χ4v) is 2.86. The van der Waals surface area contributed by atoms with Crippen LogP contribution in [0.2, 0.25) is 5.02 Å². The van der Waals surface area contributed by atoms with Crippen LogP contribution in [0.4, 0.5) is 14.7 Å². The summed E-state index contributed by atoms with van der Waals surface area (Å²) in [5, 5.41) is 7.80. The number of allylic oxidation sites excluding steroid dienone is 1. The molecule has 1 atom stereocenters. The third kappa shape index (κ3) is 2.45. The van der Waals surface area contributed by atoms with Crippen molar-refractivity contribution in [3.63, 3.8) is 0 Å². The number of hydrogen-bond acceptors (Lipinski definition) is 3. The van der Waals surface area contributed by atoms with Crippen molar-refractivity contribution in [2.24, 2.45) is 0 Å². The standard InChI is InChI=1S/C17H11ClF2N4/c18-11-6-4-10(5-7-11)14-8-15(24-17(23-14)21-9-22-24)16-12(19)2-1-3-13(16)20/h1-9,15H,(H,21,22,23). The number of aromatic nitrogens is 3. The Morgan fingerprint density at radius 1 is 1.04 bits per heavy atom. The lowest BCUT2D eigenvalue weighted by molar-refractivity contribution is 0.505. The van der Waals surface area contributed by atoms with Crippen LogP contribution in [0.1, 0.15) is 17.2 Å². The maximum absolute atomic E-state index is 14.2. The molecule has 1 aliphatic heterocycles. The van der Waals surface area contributed by atoms with Gasteiger partial charge in [0.2, 0.25) is 5.95 Å². The number of rotatable bonds is 2. The highest BCUT2D eigenvalue weighted by atomic mass is 35.5. The van der Waals surface area contributed by atoms with E-state index in [1.165, 1.54) is 29.2 Å². The first-order valence-corrected chi connectivity index (χ1v) is 7.59. The second kappa shape index (κ2) is 5.72. The van der Waals surface area contributed by atoms with Crippen molar-refractivity contribution in [1.29, 1.82) is 0 Å². The molecular weight excluding hydrogens is 334 g/mol. The van der Waals surface area contributed by atoms with E-state index in [4.69, 9.17) is 11.6 Å². The Bertz CT molecular complexity index is 914. The van der Waals surface area contributed by atoms with Crippen LogP contribution in [0.25, 0.3) is 5.70 Å². The Morgan fingerprint density at radius 3 is 2.46 bits per heavy atom. The number of nitrogens with zero attached hydrogens (tertiary/aromatic N) is 3. The summed E-state index contributed by atoms with van der Waals surface area (Å²) in [6.07, 6.45) is 3.05. The third-order valence-corrected chi connectivity index (χ3v) is 4.11. The lowest BCUT2D eigenvalue weighted by atomic mass is 10.0. The van der Waals surface area contributed by atoms with Crippen LogP contribution >= 0.6 is 11.6 Å². The van der Waals surface area contributed by atoms with Gasteiger partial charge in [0.1, 0.15) is 24.0 Å². The maximum atomic E-state index is 14.2. The molecule has 2 heterocycles. The molecule has 0 radical (unpaired) electrons. The molecule has 4 rings (SSSR count). The third-order valence-electron chi connectivity index (χ3n) is 3.86. The number of benzene rings is 2. The molecule has 0 saturated carbocycles. The van der Waals surface area contributed by atoms with Gasteiger partial charge in [-0.3, -0.25) is 0 Å². The zero-order valence-corrected chi connectivity index (χ0v) is 13.0. The van der Waals surface area contributed by atoms with E-state index in [1.807, 2.05) is 12.1 Å². The average molecular weight is 345 g/mol. The maximum Gasteiger partial charge on any atom is 0.226 e. The van der Waals surface area contributed by atoms with Gasteiger partial charge in [-0.15, -0.1) is 0 Å². The fourth-order valence-electron chi connectivity index (χ4n) is 2.73. The molecule has 2 aromatic carbocycles. The van der Waals surface area contributed by atoms with Gasteiger partial charge in [-0.25, -0.2) is 13.5 Å². The molecule has 1 unspecified atom stereocenters. The van der Waals surface area contributed by atoms with Crippen molar-refractivity contribution in [1.82, 2.24) is 14.8 Å². The molecule has 0 aliphatic carbocycles. The van der Waals surface area contributed by atoms with E-state index >= 15 is 0 Å². The zero-order chi connectivity index (χ0) is 16.7. The molecule has 3 aromatic rings. The molecule has 1 aromatic heterocycles. The van der Waals surface area contributed by atoms with Crippen LogP contribution in [0, 0.1) is 11.6 Å². The van der Waals surface area contributed by atoms with Gasteiger partial charge in [-0.2, -0.15) is 10.1 Å². The minimum atomic E-state index is -0.740. The molecule has 0 fully saturated rings. The van der Waals surface area contributed by atoms with E-state index in [-0.39, 0.29) is 5.56 Å². The van der Waals surface area contributed by atoms with E-state index in [1.54, 1.807) is 18.2 Å². The van der Waals surface area contributed by atoms with Crippen molar-refractivity contribution in [3.8, 4) is 0 Å². The van der Waals surface area contributed by atoms with E-state index < -0.39 is 17.7 Å². The number of halogens is 3. The average Bonchev–Trinajstić information content (AvgIpc) is 3.04. The number of anilines is 1. The largest absolute Gasteiger partial charge is 0.324 e. The molecule has 1 N–H and O–H groups in total. The highest BCUT2D eigenvalue weighted by Crippen LogP contribution is 2.34. The van der Waals surface area contributed by atoms with Gasteiger partial charge in [-0.1, -0.05) is 29.8 Å². The van der Waals surface area contributed by atoms with Gasteiger partial charge in [0.05, 0.1) is 5.56 Å². The van der Waals surface area contributed by atoms with Gasteiger partial charge < -0.3 is 5.32 Å². The fraction of sp³-hybridized carbons (Fsp3) is 0.0588. The summed E-state index contributed by atoms with van der Waals surface area (Å²) in [6, 6.07) is 10.2. The summed E-state index contributed by atoms with van der Waals surface area (Å²) in [5.41, 5.74) is 1.44. The summed E-state index contributed by atoms with van der Waals surface area (Å²) < 4.78 is 29.9. The first-order valence-electron chi connectivity index (χ1n) is 7.21. The van der Waals surface area contributed by atoms with Crippen LogP contribution in [-0.2, 0) is 0 Å². The van der Waals surface area contributed by atoms with E-state index in [0.29, 0.717) is 16.7 Å². The summed E-state index contributed by atoms with van der Waals surface area (Å²) >= 11 is 5.91. The summed E-state index contributed by atoms with van der Waals surface area (Å²) in [7, 11) is 0. The number of fused-ring (bicyclic) bond motifs is 1. The Morgan fingerprint density at radius 2 is 1.75 bits per heavy atom. The van der Waals surface area contributed by atoms with Gasteiger partial charge >= 0.3 is 0 Å². The molecule has 120 valence electrons. The van der Waals surface area contributed by atoms with Gasteiger partial charge in [0.15, 0.2) is 0 Å². The summed E-state index contributed by atoms with van der Waals surface area (Å²) in [4.78, 5) is 4.11. The highest BCUT2D eigenvalue weighted by Gasteiger charge is 2.27. The Kier molecular flexibility index (Phi) is 3.54. The molecule has 24 heavy (non-hydrogen) atoms. The Hall–Kier alpha value is -2.73. The lowest BCUT2D eigenvalue weighted by Gasteiger charge is -2.25. The van der Waals surface area contributed by atoms with E-state index in [0.717, 1.165) is 5.56 Å². The van der Waals surface area contributed by atoms with Gasteiger partial charge in [-0.05, 0) is 35.9 Å². The second-order valence-electron chi connectivity index (χ2n) is 5.32. The summed E-state index contributed by atoms with van der Waals surface area (Å²) in [6.45, 7) is 0. The Labute approximate surface area is 141 Å². The predicted molar refractivity (Wildman–Crippen MR) is 87.6 cm³/mol. The molecule has 0 spiro atoms. The van der Waals surface area contributed by atoms with Crippen molar-refractivity contribution < 1.29 is 8.78 Å². The van der Waals surface area contributed by atoms with Crippen molar-refractivity contribution >= 4 is 23.2 Å². The zero-order valence-electron chi connectivity index (χ0n) is 12.2. The predicted octanol–water partition coefficient (Wildman–Crippen LogP) is 4.27. The Balaban J connectivity index is 1.87. The van der Waals surface area contributed by atoms with E-state index in [2.05, 4.69) is 15.4 Å². The minimum Gasteiger partial charge on any atom is -0.324 e. The molecule has 7 heteroatoms. The summed E-state index contributed by atoms with van der Waals surface area (Å²) in [5.74, 6) is -0.847. The quantitative estimate of drug-likeness (QED) is 0.755. The number of hydrogen-bond donors (Lipinski definition) is 1. The minimum absolute atomic E-state index is 0.0720. The van der Waals surface area contributed by atoms with Crippen LogP contribution < -0.4 is 5.32 Å². The van der Waals surface area contributed by atoms with Crippen LogP contribution in [0.5, 0.6) is 0 Å². The SMILES string of the molecule is Fc1cccc(F)c1C1C=C(c2ccc(Cl)cc2)Nc2ncnn21. The number of nitrogens with one attached hydrogen (secondary N) is 1.